The van der Waals surface area contributed by atoms with Crippen molar-refractivity contribution < 1.29 is 4.79 Å². The molecule has 1 amide bonds. The first-order valence-corrected chi connectivity index (χ1v) is 6.81. The average molecular weight is 246 g/mol. The van der Waals surface area contributed by atoms with Gasteiger partial charge in [-0.3, -0.25) is 4.79 Å². The van der Waals surface area contributed by atoms with Crippen LogP contribution in [0.1, 0.15) is 25.8 Å². The number of benzene rings is 1. The van der Waals surface area contributed by atoms with Crippen LogP contribution in [0.2, 0.25) is 0 Å². The largest absolute Gasteiger partial charge is 0.317 e. The van der Waals surface area contributed by atoms with Gasteiger partial charge < -0.3 is 10.2 Å². The molecule has 0 saturated carbocycles. The van der Waals surface area contributed by atoms with E-state index in [1.165, 1.54) is 5.56 Å². The molecule has 1 unspecified atom stereocenters. The number of carbonyl (C=O) groups excluding carboxylic acids is 1. The van der Waals surface area contributed by atoms with Crippen LogP contribution in [-0.2, 0) is 11.2 Å². The molecule has 0 saturated heterocycles. The van der Waals surface area contributed by atoms with Crippen molar-refractivity contribution in [1.29, 1.82) is 0 Å². The highest BCUT2D eigenvalue weighted by atomic mass is 16.2. The minimum Gasteiger partial charge on any atom is -0.317 e. The van der Waals surface area contributed by atoms with Crippen LogP contribution in [0.15, 0.2) is 24.3 Å². The van der Waals surface area contributed by atoms with Gasteiger partial charge in [0.15, 0.2) is 0 Å². The number of anilines is 1. The molecule has 1 aromatic rings. The van der Waals surface area contributed by atoms with E-state index in [-0.39, 0.29) is 5.91 Å². The van der Waals surface area contributed by atoms with Crippen molar-refractivity contribution in [2.24, 2.45) is 5.92 Å². The third kappa shape index (κ3) is 2.91. The number of hydrogen-bond donors (Lipinski definition) is 1. The predicted octanol–water partition coefficient (Wildman–Crippen LogP) is 2.21. The van der Waals surface area contributed by atoms with Crippen LogP contribution in [0.3, 0.4) is 0 Å². The number of carbonyl (C=O) groups is 1. The van der Waals surface area contributed by atoms with Crippen LogP contribution in [0, 0.1) is 5.92 Å². The maximum atomic E-state index is 12.1. The van der Waals surface area contributed by atoms with Gasteiger partial charge in [-0.2, -0.15) is 0 Å². The molecule has 1 atom stereocenters. The van der Waals surface area contributed by atoms with Crippen molar-refractivity contribution >= 4 is 11.6 Å². The molecule has 1 aliphatic heterocycles. The molecule has 1 aromatic carbocycles. The van der Waals surface area contributed by atoms with Crippen molar-refractivity contribution in [3.05, 3.63) is 29.8 Å². The number of rotatable bonds is 5. The lowest BCUT2D eigenvalue weighted by atomic mass is 10.00. The Morgan fingerprint density at radius 2 is 2.11 bits per heavy atom. The molecule has 0 fully saturated rings. The van der Waals surface area contributed by atoms with Gasteiger partial charge in [0.1, 0.15) is 0 Å². The Balaban J connectivity index is 2.09. The van der Waals surface area contributed by atoms with Crippen molar-refractivity contribution in [3.8, 4) is 0 Å². The zero-order valence-electron chi connectivity index (χ0n) is 11.3. The van der Waals surface area contributed by atoms with E-state index in [1.807, 2.05) is 11.0 Å². The van der Waals surface area contributed by atoms with Crippen LogP contribution >= 0.6 is 0 Å². The fourth-order valence-corrected chi connectivity index (χ4v) is 2.46. The second-order valence-corrected chi connectivity index (χ2v) is 5.05. The van der Waals surface area contributed by atoms with Crippen molar-refractivity contribution in [3.63, 3.8) is 0 Å². The van der Waals surface area contributed by atoms with Crippen LogP contribution in [0.5, 0.6) is 0 Å². The van der Waals surface area contributed by atoms with Gasteiger partial charge in [-0.05, 0) is 37.1 Å². The van der Waals surface area contributed by atoms with Crippen molar-refractivity contribution in [2.45, 2.75) is 26.7 Å². The summed E-state index contributed by atoms with van der Waals surface area (Å²) in [6.07, 6.45) is 1.53. The maximum Gasteiger partial charge on any atom is 0.227 e. The number of amides is 1. The summed E-state index contributed by atoms with van der Waals surface area (Å²) in [4.78, 5) is 14.0. The first-order chi connectivity index (χ1) is 8.72. The number of para-hydroxylation sites is 1. The van der Waals surface area contributed by atoms with Crippen LogP contribution < -0.4 is 10.2 Å². The molecule has 1 N–H and O–H groups in total. The van der Waals surface area contributed by atoms with Gasteiger partial charge in [-0.15, -0.1) is 0 Å². The standard InChI is InChI=1S/C15H22N2O/c1-3-16-10-12(2)11-17-14-7-5-4-6-13(14)8-9-15(17)18/h4-7,12,16H,3,8-11H2,1-2H3. The van der Waals surface area contributed by atoms with Gasteiger partial charge >= 0.3 is 0 Å². The topological polar surface area (TPSA) is 32.3 Å². The lowest BCUT2D eigenvalue weighted by molar-refractivity contribution is -0.119. The fraction of sp³-hybridized carbons (Fsp3) is 0.533. The van der Waals surface area contributed by atoms with Crippen LogP contribution in [0.25, 0.3) is 0 Å². The summed E-state index contributed by atoms with van der Waals surface area (Å²) >= 11 is 0. The molecule has 3 nitrogen and oxygen atoms in total. The Labute approximate surface area is 109 Å². The quantitative estimate of drug-likeness (QED) is 0.864. The molecular formula is C15H22N2O. The van der Waals surface area contributed by atoms with E-state index in [0.717, 1.165) is 31.7 Å². The monoisotopic (exact) mass is 246 g/mol. The molecule has 2 rings (SSSR count). The summed E-state index contributed by atoms with van der Waals surface area (Å²) in [6, 6.07) is 8.25. The minimum absolute atomic E-state index is 0.261. The molecule has 18 heavy (non-hydrogen) atoms. The highest BCUT2D eigenvalue weighted by Gasteiger charge is 2.24. The van der Waals surface area contributed by atoms with Gasteiger partial charge in [0.25, 0.3) is 0 Å². The molecule has 1 aliphatic rings. The molecule has 3 heteroatoms. The molecular weight excluding hydrogens is 224 g/mol. The summed E-state index contributed by atoms with van der Waals surface area (Å²) in [5.41, 5.74) is 2.41. The zero-order valence-corrected chi connectivity index (χ0v) is 11.3. The molecule has 0 spiro atoms. The van der Waals surface area contributed by atoms with Crippen LogP contribution in [0.4, 0.5) is 5.69 Å². The Kier molecular flexibility index (Phi) is 4.37. The Bertz CT molecular complexity index is 417. The number of nitrogens with zero attached hydrogens (tertiary/aromatic N) is 1. The number of nitrogens with one attached hydrogen (secondary N) is 1. The normalized spacial score (nSPS) is 16.6. The lowest BCUT2D eigenvalue weighted by Gasteiger charge is -2.31. The van der Waals surface area contributed by atoms with Gasteiger partial charge in [0.2, 0.25) is 5.91 Å². The summed E-state index contributed by atoms with van der Waals surface area (Å²) in [5, 5.41) is 3.34. The van der Waals surface area contributed by atoms with Crippen molar-refractivity contribution in [2.75, 3.05) is 24.5 Å². The first kappa shape index (κ1) is 13.1. The first-order valence-electron chi connectivity index (χ1n) is 6.81. The Hall–Kier alpha value is -1.35. The second-order valence-electron chi connectivity index (χ2n) is 5.05. The second kappa shape index (κ2) is 6.01. The molecule has 1 heterocycles. The van der Waals surface area contributed by atoms with Gasteiger partial charge in [0.05, 0.1) is 0 Å². The van der Waals surface area contributed by atoms with E-state index in [2.05, 4.69) is 37.4 Å². The highest BCUT2D eigenvalue weighted by molar-refractivity contribution is 5.96. The van der Waals surface area contributed by atoms with E-state index in [4.69, 9.17) is 0 Å². The smallest absolute Gasteiger partial charge is 0.227 e. The van der Waals surface area contributed by atoms with E-state index in [0.29, 0.717) is 12.3 Å². The third-order valence-corrected chi connectivity index (χ3v) is 3.43. The Morgan fingerprint density at radius 3 is 2.89 bits per heavy atom. The summed E-state index contributed by atoms with van der Waals surface area (Å²) in [5.74, 6) is 0.733. The van der Waals surface area contributed by atoms with E-state index >= 15 is 0 Å². The average Bonchev–Trinajstić information content (AvgIpc) is 2.40. The summed E-state index contributed by atoms with van der Waals surface area (Å²) in [7, 11) is 0. The summed E-state index contributed by atoms with van der Waals surface area (Å²) in [6.45, 7) is 7.04. The van der Waals surface area contributed by atoms with Gasteiger partial charge in [-0.1, -0.05) is 32.0 Å². The Morgan fingerprint density at radius 1 is 1.33 bits per heavy atom. The maximum absolute atomic E-state index is 12.1. The zero-order chi connectivity index (χ0) is 13.0. The molecule has 0 bridgehead atoms. The SMILES string of the molecule is CCNCC(C)CN1C(=O)CCc2ccccc21. The minimum atomic E-state index is 0.261. The van der Waals surface area contributed by atoms with Gasteiger partial charge in [-0.25, -0.2) is 0 Å². The molecule has 0 aromatic heterocycles. The predicted molar refractivity (Wildman–Crippen MR) is 74.8 cm³/mol. The fourth-order valence-electron chi connectivity index (χ4n) is 2.46. The molecule has 0 aliphatic carbocycles. The molecule has 0 radical (unpaired) electrons. The van der Waals surface area contributed by atoms with E-state index < -0.39 is 0 Å². The van der Waals surface area contributed by atoms with Gasteiger partial charge in [0, 0.05) is 18.7 Å². The van der Waals surface area contributed by atoms with Crippen molar-refractivity contribution in [1.82, 2.24) is 5.32 Å². The lowest BCUT2D eigenvalue weighted by Crippen LogP contribution is -2.40. The third-order valence-electron chi connectivity index (χ3n) is 3.43. The number of fused-ring (bicyclic) bond motifs is 1. The van der Waals surface area contributed by atoms with E-state index in [1.54, 1.807) is 0 Å². The number of hydrogen-bond acceptors (Lipinski definition) is 2. The van der Waals surface area contributed by atoms with Crippen LogP contribution in [-0.4, -0.2) is 25.5 Å². The molecule has 98 valence electrons. The van der Waals surface area contributed by atoms with E-state index in [9.17, 15) is 4.79 Å². The number of aryl methyl sites for hydroxylation is 1. The summed E-state index contributed by atoms with van der Waals surface area (Å²) < 4.78 is 0. The highest BCUT2D eigenvalue weighted by Crippen LogP contribution is 2.27.